The lowest BCUT2D eigenvalue weighted by atomic mass is 10.2. The van der Waals surface area contributed by atoms with Gasteiger partial charge in [-0.3, -0.25) is 0 Å². The number of halogens is 3. The summed E-state index contributed by atoms with van der Waals surface area (Å²) >= 11 is 0. The van der Waals surface area contributed by atoms with Crippen LogP contribution in [0.15, 0.2) is 48.5 Å². The summed E-state index contributed by atoms with van der Waals surface area (Å²) in [7, 11) is 1.56. The molecule has 2 aromatic carbocycles. The Morgan fingerprint density at radius 2 is 1.76 bits per heavy atom. The van der Waals surface area contributed by atoms with E-state index in [1.54, 1.807) is 31.4 Å². The second-order valence-electron chi connectivity index (χ2n) is 4.98. The van der Waals surface area contributed by atoms with Gasteiger partial charge in [0, 0.05) is 5.69 Å². The number of rotatable bonds is 6. The van der Waals surface area contributed by atoms with Gasteiger partial charge in [-0.2, -0.15) is 13.2 Å². The standard InChI is InChI=1S/C17H17F3N2O3/c1-24-14-5-7-15(8-6-14)25-10-9-21-16(23)22-13-4-2-3-12(11-13)17(18,19)20/h2-8,11H,9-10H2,1H3,(H2,21,22,23). The smallest absolute Gasteiger partial charge is 0.416 e. The Hall–Kier alpha value is -2.90. The third kappa shape index (κ3) is 5.91. The van der Waals surface area contributed by atoms with Gasteiger partial charge >= 0.3 is 12.2 Å². The van der Waals surface area contributed by atoms with E-state index in [4.69, 9.17) is 9.47 Å². The fraction of sp³-hybridized carbons (Fsp3) is 0.235. The highest BCUT2D eigenvalue weighted by molar-refractivity contribution is 5.89. The maximum absolute atomic E-state index is 12.6. The van der Waals surface area contributed by atoms with Crippen molar-refractivity contribution in [2.45, 2.75) is 6.18 Å². The van der Waals surface area contributed by atoms with Gasteiger partial charge in [-0.1, -0.05) is 6.07 Å². The van der Waals surface area contributed by atoms with Crippen LogP contribution in [0, 0.1) is 0 Å². The molecule has 0 spiro atoms. The summed E-state index contributed by atoms with van der Waals surface area (Å²) in [6.07, 6.45) is -4.46. The van der Waals surface area contributed by atoms with Crippen molar-refractivity contribution >= 4 is 11.7 Å². The molecular weight excluding hydrogens is 337 g/mol. The summed E-state index contributed by atoms with van der Waals surface area (Å²) in [5, 5.41) is 4.85. The number of alkyl halides is 3. The first-order valence-electron chi connectivity index (χ1n) is 7.37. The molecule has 0 unspecified atom stereocenters. The highest BCUT2D eigenvalue weighted by Gasteiger charge is 2.30. The molecule has 0 aliphatic rings. The van der Waals surface area contributed by atoms with Crippen molar-refractivity contribution in [2.75, 3.05) is 25.6 Å². The van der Waals surface area contributed by atoms with Gasteiger partial charge in [-0.15, -0.1) is 0 Å². The zero-order chi connectivity index (χ0) is 18.3. The summed E-state index contributed by atoms with van der Waals surface area (Å²) in [5.74, 6) is 1.31. The maximum atomic E-state index is 12.6. The van der Waals surface area contributed by atoms with Crippen molar-refractivity contribution in [1.29, 1.82) is 0 Å². The van der Waals surface area contributed by atoms with Crippen LogP contribution in [-0.2, 0) is 6.18 Å². The molecule has 0 radical (unpaired) electrons. The lowest BCUT2D eigenvalue weighted by molar-refractivity contribution is -0.137. The Balaban J connectivity index is 1.75. The van der Waals surface area contributed by atoms with Crippen molar-refractivity contribution in [3.8, 4) is 11.5 Å². The molecule has 134 valence electrons. The van der Waals surface area contributed by atoms with Crippen LogP contribution in [0.3, 0.4) is 0 Å². The first-order valence-corrected chi connectivity index (χ1v) is 7.37. The number of hydrogen-bond acceptors (Lipinski definition) is 3. The molecule has 2 rings (SSSR count). The molecule has 0 aliphatic carbocycles. The van der Waals surface area contributed by atoms with E-state index < -0.39 is 17.8 Å². The lowest BCUT2D eigenvalue weighted by Crippen LogP contribution is -2.32. The predicted molar refractivity (Wildman–Crippen MR) is 87.0 cm³/mol. The number of carbonyl (C=O) groups excluding carboxylic acids is 1. The number of hydrogen-bond donors (Lipinski definition) is 2. The average Bonchev–Trinajstić information content (AvgIpc) is 2.59. The molecule has 0 aromatic heterocycles. The second-order valence-corrected chi connectivity index (χ2v) is 4.98. The summed E-state index contributed by atoms with van der Waals surface area (Å²) in [6.45, 7) is 0.402. The molecule has 5 nitrogen and oxygen atoms in total. The van der Waals surface area contributed by atoms with Crippen LogP contribution in [-0.4, -0.2) is 26.3 Å². The van der Waals surface area contributed by atoms with Crippen molar-refractivity contribution in [2.24, 2.45) is 0 Å². The number of benzene rings is 2. The Labute approximate surface area is 142 Å². The molecule has 0 aliphatic heterocycles. The molecule has 2 N–H and O–H groups in total. The average molecular weight is 354 g/mol. The first-order chi connectivity index (χ1) is 11.9. The van der Waals surface area contributed by atoms with E-state index in [1.807, 2.05) is 0 Å². The molecule has 0 saturated heterocycles. The highest BCUT2D eigenvalue weighted by Crippen LogP contribution is 2.30. The number of ether oxygens (including phenoxy) is 2. The van der Waals surface area contributed by atoms with E-state index >= 15 is 0 Å². The van der Waals surface area contributed by atoms with Gasteiger partial charge in [-0.05, 0) is 42.5 Å². The molecule has 0 fully saturated rings. The molecular formula is C17H17F3N2O3. The lowest BCUT2D eigenvalue weighted by Gasteiger charge is -2.11. The molecule has 0 atom stereocenters. The van der Waals surface area contributed by atoms with Crippen LogP contribution in [0.4, 0.5) is 23.7 Å². The molecule has 8 heteroatoms. The monoisotopic (exact) mass is 354 g/mol. The zero-order valence-electron chi connectivity index (χ0n) is 13.4. The third-order valence-electron chi connectivity index (χ3n) is 3.16. The molecule has 2 amide bonds. The first kappa shape index (κ1) is 18.4. The SMILES string of the molecule is COc1ccc(OCCNC(=O)Nc2cccc(C(F)(F)F)c2)cc1. The van der Waals surface area contributed by atoms with Crippen molar-refractivity contribution in [3.63, 3.8) is 0 Å². The third-order valence-corrected chi connectivity index (χ3v) is 3.16. The molecule has 0 bridgehead atoms. The topological polar surface area (TPSA) is 59.6 Å². The minimum atomic E-state index is -4.46. The van der Waals surface area contributed by atoms with Gasteiger partial charge in [0.1, 0.15) is 18.1 Å². The Bertz CT molecular complexity index is 703. The van der Waals surface area contributed by atoms with Crippen LogP contribution < -0.4 is 20.1 Å². The van der Waals surface area contributed by atoms with E-state index in [0.29, 0.717) is 11.5 Å². The molecule has 2 aromatic rings. The number of methoxy groups -OCH3 is 1. The van der Waals surface area contributed by atoms with Gasteiger partial charge in [0.15, 0.2) is 0 Å². The van der Waals surface area contributed by atoms with Gasteiger partial charge in [-0.25, -0.2) is 4.79 Å². The van der Waals surface area contributed by atoms with Crippen LogP contribution >= 0.6 is 0 Å². The Kier molecular flexibility index (Phi) is 6.10. The minimum absolute atomic E-state index is 0.0587. The van der Waals surface area contributed by atoms with E-state index in [2.05, 4.69) is 10.6 Å². The normalized spacial score (nSPS) is 10.9. The Morgan fingerprint density at radius 3 is 2.40 bits per heavy atom. The van der Waals surface area contributed by atoms with Crippen LogP contribution in [0.25, 0.3) is 0 Å². The number of carbonyl (C=O) groups is 1. The van der Waals surface area contributed by atoms with E-state index in [0.717, 1.165) is 12.1 Å². The van der Waals surface area contributed by atoms with Gasteiger partial charge in [0.25, 0.3) is 0 Å². The summed E-state index contributed by atoms with van der Waals surface area (Å²) in [5.41, 5.74) is -0.767. The van der Waals surface area contributed by atoms with Crippen molar-refractivity contribution in [1.82, 2.24) is 5.32 Å². The van der Waals surface area contributed by atoms with Crippen molar-refractivity contribution in [3.05, 3.63) is 54.1 Å². The summed E-state index contributed by atoms with van der Waals surface area (Å²) in [4.78, 5) is 11.7. The fourth-order valence-electron chi connectivity index (χ4n) is 1.95. The predicted octanol–water partition coefficient (Wildman–Crippen LogP) is 3.91. The second kappa shape index (κ2) is 8.27. The Morgan fingerprint density at radius 1 is 1.08 bits per heavy atom. The largest absolute Gasteiger partial charge is 0.497 e. The van der Waals surface area contributed by atoms with E-state index in [1.165, 1.54) is 12.1 Å². The highest BCUT2D eigenvalue weighted by atomic mass is 19.4. The maximum Gasteiger partial charge on any atom is 0.416 e. The van der Waals surface area contributed by atoms with Crippen molar-refractivity contribution < 1.29 is 27.4 Å². The number of nitrogens with one attached hydrogen (secondary N) is 2. The van der Waals surface area contributed by atoms with Crippen LogP contribution in [0.5, 0.6) is 11.5 Å². The van der Waals surface area contributed by atoms with Gasteiger partial charge in [0.05, 0.1) is 19.2 Å². The van der Waals surface area contributed by atoms with Gasteiger partial charge in [0.2, 0.25) is 0 Å². The van der Waals surface area contributed by atoms with Gasteiger partial charge < -0.3 is 20.1 Å². The number of amides is 2. The summed E-state index contributed by atoms with van der Waals surface area (Å²) in [6, 6.07) is 10.7. The zero-order valence-corrected chi connectivity index (χ0v) is 13.4. The minimum Gasteiger partial charge on any atom is -0.497 e. The fourth-order valence-corrected chi connectivity index (χ4v) is 1.95. The molecule has 25 heavy (non-hydrogen) atoms. The van der Waals surface area contributed by atoms with E-state index in [-0.39, 0.29) is 18.8 Å². The summed E-state index contributed by atoms with van der Waals surface area (Å²) < 4.78 is 48.3. The van der Waals surface area contributed by atoms with Crippen LogP contribution in [0.1, 0.15) is 5.56 Å². The van der Waals surface area contributed by atoms with Crippen LogP contribution in [0.2, 0.25) is 0 Å². The van der Waals surface area contributed by atoms with E-state index in [9.17, 15) is 18.0 Å². The quantitative estimate of drug-likeness (QED) is 0.773. The molecule has 0 heterocycles. The number of urea groups is 1. The number of anilines is 1. The molecule has 0 saturated carbocycles.